The lowest BCUT2D eigenvalue weighted by molar-refractivity contribution is 0.00942. The largest absolute Gasteiger partial charge is 0.444 e. The molecule has 0 N–H and O–H groups in total. The first-order valence-electron chi connectivity index (χ1n) is 10.1. The Balaban J connectivity index is 1.79. The summed E-state index contributed by atoms with van der Waals surface area (Å²) in [5, 5.41) is 0. The van der Waals surface area contributed by atoms with Gasteiger partial charge in [0.05, 0.1) is 6.04 Å². The third kappa shape index (κ3) is 4.49. The fourth-order valence-electron chi connectivity index (χ4n) is 3.99. The minimum absolute atomic E-state index is 0.0708. The van der Waals surface area contributed by atoms with E-state index in [1.54, 1.807) is 0 Å². The van der Waals surface area contributed by atoms with Gasteiger partial charge in [-0.2, -0.15) is 0 Å². The Bertz CT molecular complexity index is 633. The summed E-state index contributed by atoms with van der Waals surface area (Å²) >= 11 is 0. The quantitative estimate of drug-likeness (QED) is 0.758. The second kappa shape index (κ2) is 7.85. The van der Waals surface area contributed by atoms with Crippen LogP contribution in [0.15, 0.2) is 12.3 Å². The third-order valence-corrected chi connectivity index (χ3v) is 5.31. The van der Waals surface area contributed by atoms with Crippen LogP contribution in [-0.4, -0.2) is 41.2 Å². The molecule has 2 aliphatic rings. The molecule has 2 fully saturated rings. The maximum atomic E-state index is 12.7. The minimum atomic E-state index is -0.468. The van der Waals surface area contributed by atoms with Crippen molar-refractivity contribution in [2.75, 3.05) is 24.5 Å². The van der Waals surface area contributed by atoms with Gasteiger partial charge >= 0.3 is 6.09 Å². The Labute approximate surface area is 157 Å². The number of rotatable bonds is 2. The summed E-state index contributed by atoms with van der Waals surface area (Å²) in [4.78, 5) is 21.7. The molecule has 0 aromatic carbocycles. The molecule has 0 spiro atoms. The predicted molar refractivity (Wildman–Crippen MR) is 105 cm³/mol. The van der Waals surface area contributed by atoms with Gasteiger partial charge in [-0.3, -0.25) is 0 Å². The van der Waals surface area contributed by atoms with Gasteiger partial charge in [0.25, 0.3) is 0 Å². The predicted octanol–water partition coefficient (Wildman–Crippen LogP) is 4.84. The molecular weight excluding hydrogens is 326 g/mol. The number of carbonyl (C=O) groups is 1. The van der Waals surface area contributed by atoms with Crippen molar-refractivity contribution in [3.05, 3.63) is 23.4 Å². The summed E-state index contributed by atoms with van der Waals surface area (Å²) in [6.07, 6.45) is 8.75. The average molecular weight is 360 g/mol. The second-order valence-corrected chi connectivity index (χ2v) is 8.63. The first-order valence-corrected chi connectivity index (χ1v) is 10.1. The van der Waals surface area contributed by atoms with Crippen LogP contribution in [-0.2, 0) is 4.74 Å². The number of amides is 1. The lowest BCUT2D eigenvalue weighted by atomic mass is 9.94. The zero-order valence-electron chi connectivity index (χ0n) is 16.8. The Kier molecular flexibility index (Phi) is 5.73. The number of aryl methyl sites for hydroxylation is 1. The molecule has 144 valence electrons. The fourth-order valence-corrected chi connectivity index (χ4v) is 3.99. The number of aromatic nitrogens is 1. The molecule has 1 aromatic rings. The van der Waals surface area contributed by atoms with Crippen molar-refractivity contribution < 1.29 is 9.53 Å². The lowest BCUT2D eigenvalue weighted by Crippen LogP contribution is -2.42. The molecule has 0 saturated carbocycles. The van der Waals surface area contributed by atoms with Crippen molar-refractivity contribution in [1.82, 2.24) is 9.88 Å². The van der Waals surface area contributed by atoms with Gasteiger partial charge in [-0.05, 0) is 83.4 Å². The van der Waals surface area contributed by atoms with Crippen LogP contribution >= 0.6 is 0 Å². The van der Waals surface area contributed by atoms with Crippen LogP contribution in [0.4, 0.5) is 10.6 Å². The Morgan fingerprint density at radius 3 is 2.46 bits per heavy atom. The van der Waals surface area contributed by atoms with Gasteiger partial charge in [-0.15, -0.1) is 0 Å². The number of carbonyl (C=O) groups excluding carboxylic acids is 1. The topological polar surface area (TPSA) is 45.7 Å². The molecule has 2 saturated heterocycles. The van der Waals surface area contributed by atoms with E-state index < -0.39 is 5.60 Å². The number of anilines is 1. The highest BCUT2D eigenvalue weighted by atomic mass is 16.6. The number of piperidine rings is 2. The second-order valence-electron chi connectivity index (χ2n) is 8.63. The van der Waals surface area contributed by atoms with E-state index in [-0.39, 0.29) is 12.1 Å². The molecule has 3 heterocycles. The third-order valence-electron chi connectivity index (χ3n) is 5.31. The molecule has 5 nitrogen and oxygen atoms in total. The maximum Gasteiger partial charge on any atom is 0.410 e. The van der Waals surface area contributed by atoms with E-state index in [0.717, 1.165) is 50.3 Å². The summed E-state index contributed by atoms with van der Waals surface area (Å²) in [7, 11) is 0. The van der Waals surface area contributed by atoms with E-state index in [4.69, 9.17) is 9.72 Å². The molecule has 3 rings (SSSR count). The molecule has 26 heavy (non-hydrogen) atoms. The Morgan fingerprint density at radius 1 is 1.12 bits per heavy atom. The fraction of sp³-hybridized carbons (Fsp3) is 0.714. The normalized spacial score (nSPS) is 21.6. The number of ether oxygens (including phenoxy) is 1. The molecule has 5 heteroatoms. The summed E-state index contributed by atoms with van der Waals surface area (Å²) in [5.41, 5.74) is 1.92. The van der Waals surface area contributed by atoms with E-state index in [9.17, 15) is 4.79 Å². The summed E-state index contributed by atoms with van der Waals surface area (Å²) in [6.45, 7) is 10.9. The summed E-state index contributed by atoms with van der Waals surface area (Å²) < 4.78 is 5.65. The van der Waals surface area contributed by atoms with Crippen LogP contribution in [0.3, 0.4) is 0 Å². The zero-order valence-corrected chi connectivity index (χ0v) is 16.8. The van der Waals surface area contributed by atoms with Gasteiger partial charge in [-0.25, -0.2) is 9.78 Å². The molecule has 1 aromatic heterocycles. The number of pyridine rings is 1. The minimum Gasteiger partial charge on any atom is -0.444 e. The number of hydrogen-bond acceptors (Lipinski definition) is 4. The van der Waals surface area contributed by atoms with Gasteiger partial charge in [0.2, 0.25) is 0 Å². The number of likely N-dealkylation sites (tertiary alicyclic amines) is 1. The van der Waals surface area contributed by atoms with Crippen molar-refractivity contribution in [2.24, 2.45) is 0 Å². The van der Waals surface area contributed by atoms with Crippen LogP contribution in [0, 0.1) is 6.92 Å². The van der Waals surface area contributed by atoms with Gasteiger partial charge in [0, 0.05) is 25.8 Å². The van der Waals surface area contributed by atoms with Crippen molar-refractivity contribution in [2.45, 2.75) is 77.9 Å². The van der Waals surface area contributed by atoms with Crippen LogP contribution in [0.1, 0.15) is 76.5 Å². The highest BCUT2D eigenvalue weighted by Gasteiger charge is 2.32. The molecule has 1 amide bonds. The molecule has 1 atom stereocenters. The first-order chi connectivity index (χ1) is 12.3. The molecule has 0 bridgehead atoms. The highest BCUT2D eigenvalue weighted by Crippen LogP contribution is 2.34. The summed E-state index contributed by atoms with van der Waals surface area (Å²) in [5.74, 6) is 1.07. The van der Waals surface area contributed by atoms with Gasteiger partial charge in [0.15, 0.2) is 0 Å². The maximum absolute atomic E-state index is 12.7. The van der Waals surface area contributed by atoms with E-state index in [1.807, 2.05) is 31.9 Å². The van der Waals surface area contributed by atoms with Crippen molar-refractivity contribution >= 4 is 11.9 Å². The molecule has 0 radical (unpaired) electrons. The van der Waals surface area contributed by atoms with E-state index >= 15 is 0 Å². The van der Waals surface area contributed by atoms with Crippen LogP contribution in [0.5, 0.6) is 0 Å². The van der Waals surface area contributed by atoms with Gasteiger partial charge < -0.3 is 14.5 Å². The van der Waals surface area contributed by atoms with E-state index in [2.05, 4.69) is 17.9 Å². The van der Waals surface area contributed by atoms with Crippen molar-refractivity contribution in [3.63, 3.8) is 0 Å². The van der Waals surface area contributed by atoms with E-state index in [1.165, 1.54) is 24.8 Å². The molecule has 0 unspecified atom stereocenters. The molecule has 2 aliphatic heterocycles. The van der Waals surface area contributed by atoms with Gasteiger partial charge in [0.1, 0.15) is 11.4 Å². The monoisotopic (exact) mass is 359 g/mol. The van der Waals surface area contributed by atoms with Gasteiger partial charge in [-0.1, -0.05) is 0 Å². The smallest absolute Gasteiger partial charge is 0.410 e. The zero-order chi connectivity index (χ0) is 18.7. The SMILES string of the molecule is Cc1cc(N2CCCCC2)ncc1[C@@H]1CCCCN1C(=O)OC(C)(C)C. The Hall–Kier alpha value is -1.78. The van der Waals surface area contributed by atoms with Crippen LogP contribution in [0.2, 0.25) is 0 Å². The van der Waals surface area contributed by atoms with Crippen molar-refractivity contribution in [1.29, 1.82) is 0 Å². The lowest BCUT2D eigenvalue weighted by Gasteiger charge is -2.37. The number of hydrogen-bond donors (Lipinski definition) is 0. The summed E-state index contributed by atoms with van der Waals surface area (Å²) in [6, 6.07) is 2.27. The average Bonchev–Trinajstić information content (AvgIpc) is 2.61. The molecule has 0 aliphatic carbocycles. The van der Waals surface area contributed by atoms with Crippen molar-refractivity contribution in [3.8, 4) is 0 Å². The molecular formula is C21H33N3O2. The number of nitrogens with zero attached hydrogens (tertiary/aromatic N) is 3. The first kappa shape index (κ1) is 19.0. The Morgan fingerprint density at radius 2 is 1.81 bits per heavy atom. The standard InChI is InChI=1S/C21H33N3O2/c1-16-14-19(23-11-7-5-8-12-23)22-15-17(16)18-10-6-9-13-24(18)20(25)26-21(2,3)4/h14-15,18H,5-13H2,1-4H3/t18-/m0/s1. The van der Waals surface area contributed by atoms with Crippen LogP contribution < -0.4 is 4.90 Å². The highest BCUT2D eigenvalue weighted by molar-refractivity contribution is 5.69. The van der Waals surface area contributed by atoms with E-state index in [0.29, 0.717) is 0 Å². The van der Waals surface area contributed by atoms with Crippen LogP contribution in [0.25, 0.3) is 0 Å².